The Kier molecular flexibility index (Phi) is 13.5. The third-order valence-corrected chi connectivity index (χ3v) is 6.16. The van der Waals surface area contributed by atoms with Gasteiger partial charge >= 0.3 is 5.97 Å². The minimum atomic E-state index is -1.18. The van der Waals surface area contributed by atoms with Crippen molar-refractivity contribution in [2.75, 3.05) is 12.0 Å². The summed E-state index contributed by atoms with van der Waals surface area (Å²) < 4.78 is 0. The highest BCUT2D eigenvalue weighted by Gasteiger charge is 2.32. The molecule has 0 aromatic heterocycles. The Morgan fingerprint density at radius 1 is 0.919 bits per heavy atom. The molecule has 1 rings (SSSR count). The number of carbonyl (C=O) groups excluding carboxylic acids is 4. The topological polar surface area (TPSA) is 214 Å². The Hall–Kier alpha value is -3.32. The number of carbonyl (C=O) groups is 5. The van der Waals surface area contributed by atoms with E-state index in [0.717, 1.165) is 0 Å². The van der Waals surface area contributed by atoms with Crippen LogP contribution in [-0.4, -0.2) is 76.0 Å². The highest BCUT2D eigenvalue weighted by atomic mass is 32.2. The molecule has 4 amide bonds. The molecular weight excluding hydrogens is 502 g/mol. The zero-order valence-electron chi connectivity index (χ0n) is 21.2. The van der Waals surface area contributed by atoms with Crippen LogP contribution in [0.4, 0.5) is 0 Å². The molecule has 1 aromatic rings. The fourth-order valence-corrected chi connectivity index (χ4v) is 3.80. The first-order valence-corrected chi connectivity index (χ1v) is 13.2. The van der Waals surface area contributed by atoms with Gasteiger partial charge in [-0.1, -0.05) is 26.0 Å². The number of amides is 4. The van der Waals surface area contributed by atoms with Gasteiger partial charge in [-0.25, -0.2) is 4.79 Å². The summed E-state index contributed by atoms with van der Waals surface area (Å²) in [5.41, 5.74) is 11.6. The van der Waals surface area contributed by atoms with Crippen LogP contribution in [0.15, 0.2) is 24.3 Å². The SMILES string of the molecule is CSCCC(NC(=O)C(NC(=O)C(Cc1ccc(O)cc1)NC(=O)C(N)CCC(N)=O)C(C)C)C(=O)O. The molecule has 12 nitrogen and oxygen atoms in total. The third-order valence-electron chi connectivity index (χ3n) is 5.52. The molecule has 4 unspecified atom stereocenters. The first-order chi connectivity index (χ1) is 17.3. The Balaban J connectivity index is 3.07. The van der Waals surface area contributed by atoms with E-state index in [4.69, 9.17) is 11.5 Å². The minimum Gasteiger partial charge on any atom is -0.508 e. The van der Waals surface area contributed by atoms with Crippen molar-refractivity contribution < 1.29 is 34.2 Å². The summed E-state index contributed by atoms with van der Waals surface area (Å²) in [4.78, 5) is 61.4. The zero-order chi connectivity index (χ0) is 28.1. The lowest BCUT2D eigenvalue weighted by molar-refractivity contribution is -0.142. The van der Waals surface area contributed by atoms with Crippen molar-refractivity contribution in [2.45, 2.75) is 63.7 Å². The van der Waals surface area contributed by atoms with E-state index in [1.165, 1.54) is 23.9 Å². The van der Waals surface area contributed by atoms with Gasteiger partial charge in [-0.15, -0.1) is 0 Å². The number of primary amides is 1. The average Bonchev–Trinajstić information content (AvgIpc) is 2.83. The summed E-state index contributed by atoms with van der Waals surface area (Å²) in [5, 5.41) is 26.6. The maximum Gasteiger partial charge on any atom is 0.326 e. The second-order valence-corrected chi connectivity index (χ2v) is 9.94. The summed E-state index contributed by atoms with van der Waals surface area (Å²) in [6.07, 6.45) is 1.92. The van der Waals surface area contributed by atoms with E-state index >= 15 is 0 Å². The van der Waals surface area contributed by atoms with Gasteiger partial charge in [0.05, 0.1) is 6.04 Å². The summed E-state index contributed by atoms with van der Waals surface area (Å²) >= 11 is 1.44. The molecule has 0 bridgehead atoms. The fraction of sp³-hybridized carbons (Fsp3) is 0.542. The van der Waals surface area contributed by atoms with Gasteiger partial charge in [0, 0.05) is 12.8 Å². The van der Waals surface area contributed by atoms with Crippen LogP contribution in [-0.2, 0) is 30.4 Å². The second kappa shape index (κ2) is 15.7. The van der Waals surface area contributed by atoms with Crippen LogP contribution in [0.25, 0.3) is 0 Å². The number of aromatic hydroxyl groups is 1. The van der Waals surface area contributed by atoms with E-state index in [9.17, 15) is 34.2 Å². The van der Waals surface area contributed by atoms with Crippen molar-refractivity contribution in [3.05, 3.63) is 29.8 Å². The van der Waals surface area contributed by atoms with E-state index < -0.39 is 59.7 Å². The molecule has 0 aliphatic heterocycles. The van der Waals surface area contributed by atoms with Crippen molar-refractivity contribution in [3.8, 4) is 5.75 Å². The number of nitrogens with two attached hydrogens (primary N) is 2. The van der Waals surface area contributed by atoms with E-state index in [2.05, 4.69) is 16.0 Å². The predicted octanol–water partition coefficient (Wildman–Crippen LogP) is -0.524. The summed E-state index contributed by atoms with van der Waals surface area (Å²) in [6.45, 7) is 3.38. The molecule has 0 saturated heterocycles. The minimum absolute atomic E-state index is 0.0122. The Morgan fingerprint density at radius 2 is 1.51 bits per heavy atom. The summed E-state index contributed by atoms with van der Waals surface area (Å²) in [6, 6.07) is 1.55. The van der Waals surface area contributed by atoms with Crippen molar-refractivity contribution >= 4 is 41.4 Å². The van der Waals surface area contributed by atoms with Crippen LogP contribution < -0.4 is 27.4 Å². The van der Waals surface area contributed by atoms with Crippen molar-refractivity contribution in [3.63, 3.8) is 0 Å². The Bertz CT molecular complexity index is 942. The number of thioether (sulfide) groups is 1. The molecule has 0 heterocycles. The van der Waals surface area contributed by atoms with E-state index in [1.807, 2.05) is 6.26 Å². The molecule has 9 N–H and O–H groups in total. The number of carboxylic acids is 1. The number of phenols is 1. The number of phenolic OH excluding ortho intramolecular Hbond substituents is 1. The fourth-order valence-electron chi connectivity index (χ4n) is 3.33. The number of nitrogens with one attached hydrogen (secondary N) is 3. The largest absolute Gasteiger partial charge is 0.508 e. The van der Waals surface area contributed by atoms with Gasteiger partial charge in [0.2, 0.25) is 23.6 Å². The lowest BCUT2D eigenvalue weighted by atomic mass is 10.00. The second-order valence-electron chi connectivity index (χ2n) is 8.95. The number of carboxylic acid groups (broad SMARTS) is 1. The van der Waals surface area contributed by atoms with Crippen molar-refractivity contribution in [1.29, 1.82) is 0 Å². The van der Waals surface area contributed by atoms with E-state index in [0.29, 0.717) is 11.3 Å². The van der Waals surface area contributed by atoms with Crippen molar-refractivity contribution in [2.24, 2.45) is 17.4 Å². The normalized spacial score (nSPS) is 14.2. The first-order valence-electron chi connectivity index (χ1n) is 11.8. The third kappa shape index (κ3) is 11.5. The highest BCUT2D eigenvalue weighted by Crippen LogP contribution is 2.13. The predicted molar refractivity (Wildman–Crippen MR) is 139 cm³/mol. The quantitative estimate of drug-likeness (QED) is 0.144. The molecule has 0 aliphatic carbocycles. The molecule has 0 saturated carbocycles. The number of hydrogen-bond acceptors (Lipinski definition) is 8. The monoisotopic (exact) mass is 539 g/mol. The highest BCUT2D eigenvalue weighted by molar-refractivity contribution is 7.98. The smallest absolute Gasteiger partial charge is 0.326 e. The Labute approximate surface area is 220 Å². The molecule has 1 aromatic carbocycles. The maximum absolute atomic E-state index is 13.3. The van der Waals surface area contributed by atoms with Crippen molar-refractivity contribution in [1.82, 2.24) is 16.0 Å². The lowest BCUT2D eigenvalue weighted by Crippen LogP contribution is -2.59. The molecular formula is C24H37N5O7S. The van der Waals surface area contributed by atoms with Crippen LogP contribution in [0, 0.1) is 5.92 Å². The van der Waals surface area contributed by atoms with Gasteiger partial charge in [-0.2, -0.15) is 11.8 Å². The van der Waals surface area contributed by atoms with Crippen LogP contribution in [0.3, 0.4) is 0 Å². The molecule has 0 aliphatic rings. The van der Waals surface area contributed by atoms with Gasteiger partial charge in [-0.3, -0.25) is 19.2 Å². The molecule has 13 heteroatoms. The van der Waals surface area contributed by atoms with E-state index in [1.54, 1.807) is 26.0 Å². The molecule has 0 spiro atoms. The van der Waals surface area contributed by atoms with Crippen LogP contribution >= 0.6 is 11.8 Å². The summed E-state index contributed by atoms with van der Waals surface area (Å²) in [7, 11) is 0. The zero-order valence-corrected chi connectivity index (χ0v) is 22.0. The average molecular weight is 540 g/mol. The van der Waals surface area contributed by atoms with Crippen LogP contribution in [0.5, 0.6) is 5.75 Å². The molecule has 0 fully saturated rings. The standard InChI is InChI=1S/C24H37N5O7S/c1-13(2)20(23(34)27-17(24(35)36)10-11-37-3)29-22(33)18(12-14-4-6-15(30)7-5-14)28-21(32)16(25)8-9-19(26)31/h4-7,13,16-18,20,30H,8-12,25H2,1-3H3,(H2,26,31)(H,27,34)(H,28,32)(H,29,33)(H,35,36). The number of hydrogen-bond donors (Lipinski definition) is 7. The first kappa shape index (κ1) is 31.7. The van der Waals surface area contributed by atoms with Gasteiger partial charge in [-0.05, 0) is 48.5 Å². The lowest BCUT2D eigenvalue weighted by Gasteiger charge is -2.27. The van der Waals surface area contributed by atoms with Gasteiger partial charge in [0.1, 0.15) is 23.9 Å². The van der Waals surface area contributed by atoms with Gasteiger partial charge in [0.25, 0.3) is 0 Å². The van der Waals surface area contributed by atoms with Gasteiger partial charge < -0.3 is 37.6 Å². The number of rotatable bonds is 16. The van der Waals surface area contributed by atoms with Crippen LogP contribution in [0.2, 0.25) is 0 Å². The Morgan fingerprint density at radius 3 is 2.03 bits per heavy atom. The maximum atomic E-state index is 13.3. The molecule has 0 radical (unpaired) electrons. The van der Waals surface area contributed by atoms with Crippen LogP contribution in [0.1, 0.15) is 38.7 Å². The summed E-state index contributed by atoms with van der Waals surface area (Å²) in [5.74, 6) is -3.70. The number of benzene rings is 1. The molecule has 4 atom stereocenters. The van der Waals surface area contributed by atoms with E-state index in [-0.39, 0.29) is 31.4 Å². The molecule has 206 valence electrons. The number of aliphatic carboxylic acids is 1. The molecule has 37 heavy (non-hydrogen) atoms. The van der Waals surface area contributed by atoms with Gasteiger partial charge in [0.15, 0.2) is 0 Å².